The Kier molecular flexibility index (Phi) is 27.8. The Morgan fingerprint density at radius 1 is 0.913 bits per heavy atom. The number of carboxylic acids is 2. The van der Waals surface area contributed by atoms with Gasteiger partial charge < -0.3 is 19.8 Å². The summed E-state index contributed by atoms with van der Waals surface area (Å²) in [6.45, 7) is 9.34. The molecule has 0 saturated heterocycles. The molecule has 1 atom stereocenters. The molecular formula is C16H29LiNa2O4. The number of rotatable bonds is 9. The summed E-state index contributed by atoms with van der Waals surface area (Å²) in [5, 5.41) is 18.6. The number of aliphatic carboxylic acids is 2. The van der Waals surface area contributed by atoms with Crippen LogP contribution in [-0.4, -0.2) is 29.7 Å². The monoisotopic (exact) mass is 338 g/mol. The third-order valence-electron chi connectivity index (χ3n) is 3.00. The van der Waals surface area contributed by atoms with E-state index in [0.29, 0.717) is 5.41 Å². The molecule has 4 nitrogen and oxygen atoms in total. The van der Waals surface area contributed by atoms with Gasteiger partial charge in [-0.15, -0.1) is 0 Å². The van der Waals surface area contributed by atoms with Crippen molar-refractivity contribution in [1.82, 2.24) is 0 Å². The molecule has 0 aliphatic heterocycles. The molecular weight excluding hydrogens is 309 g/mol. The van der Waals surface area contributed by atoms with Crippen molar-refractivity contribution in [2.45, 2.75) is 83.7 Å². The van der Waals surface area contributed by atoms with Gasteiger partial charge in [-0.25, -0.2) is 0 Å². The largest absolute Gasteiger partial charge is 1.00 e. The molecule has 0 aliphatic carbocycles. The van der Waals surface area contributed by atoms with Crippen LogP contribution >= 0.6 is 0 Å². The maximum absolute atomic E-state index is 9.28. The van der Waals surface area contributed by atoms with Crippen molar-refractivity contribution < 1.29 is 78.9 Å². The van der Waals surface area contributed by atoms with Crippen molar-refractivity contribution in [3.8, 4) is 0 Å². The Labute approximate surface area is 195 Å². The maximum atomic E-state index is 9.28. The fraction of sp³-hybridized carbons (Fsp3) is 0.875. The van der Waals surface area contributed by atoms with E-state index >= 15 is 0 Å². The van der Waals surface area contributed by atoms with Crippen LogP contribution in [0.5, 0.6) is 0 Å². The summed E-state index contributed by atoms with van der Waals surface area (Å²) in [5.41, 5.74) is 0.540. The van der Waals surface area contributed by atoms with Crippen molar-refractivity contribution in [2.24, 2.45) is 5.41 Å². The minimum Gasteiger partial charge on any atom is 1.00 e. The van der Waals surface area contributed by atoms with E-state index in [2.05, 4.69) is 45.4 Å². The van der Waals surface area contributed by atoms with Crippen LogP contribution in [0.2, 0.25) is 4.59 Å². The fourth-order valence-electron chi connectivity index (χ4n) is 1.86. The second kappa shape index (κ2) is 19.9. The summed E-state index contributed by atoms with van der Waals surface area (Å²) in [6, 6.07) is 0. The first-order valence-corrected chi connectivity index (χ1v) is 7.94. The second-order valence-corrected chi connectivity index (χ2v) is 7.18. The molecule has 0 amide bonds. The Hall–Kier alpha value is 1.54. The molecule has 23 heavy (non-hydrogen) atoms. The minimum absolute atomic E-state index is 0. The average Bonchev–Trinajstić information content (AvgIpc) is 2.24. The van der Waals surface area contributed by atoms with Crippen LogP contribution in [0.4, 0.5) is 0 Å². The van der Waals surface area contributed by atoms with E-state index in [1.807, 2.05) is 0 Å². The number of carboxylic acid groups (broad SMARTS) is 2. The zero-order chi connectivity index (χ0) is 16.9. The summed E-state index contributed by atoms with van der Waals surface area (Å²) in [4.78, 5) is 18.6. The number of hydrogen-bond donors (Lipinski definition) is 0. The summed E-state index contributed by atoms with van der Waals surface area (Å²) in [7, 11) is 0. The van der Waals surface area contributed by atoms with Crippen LogP contribution in [0.3, 0.4) is 0 Å². The van der Waals surface area contributed by atoms with E-state index in [1.165, 1.54) is 44.9 Å². The van der Waals surface area contributed by atoms with Crippen molar-refractivity contribution in [2.75, 3.05) is 0 Å². The summed E-state index contributed by atoms with van der Waals surface area (Å²) >= 11 is 2.32. The number of carbonyl (C=O) groups excluding carboxylic acids is 2. The average molecular weight is 338 g/mol. The van der Waals surface area contributed by atoms with Gasteiger partial charge >= 0.3 is 159 Å². The summed E-state index contributed by atoms with van der Waals surface area (Å²) in [5.74, 6) is -3.25. The number of hydrogen-bond acceptors (Lipinski definition) is 4. The molecule has 0 fully saturated rings. The van der Waals surface area contributed by atoms with E-state index in [9.17, 15) is 19.8 Å². The predicted molar refractivity (Wildman–Crippen MR) is 81.6 cm³/mol. The van der Waals surface area contributed by atoms with Crippen molar-refractivity contribution in [3.63, 3.8) is 0 Å². The normalized spacial score (nSPS) is 11.2. The molecule has 0 aromatic rings. The van der Waals surface area contributed by atoms with E-state index in [1.54, 1.807) is 0 Å². The Bertz CT molecular complexity index is 280. The molecule has 0 aliphatic rings. The molecule has 7 heteroatoms. The molecule has 0 bridgehead atoms. The van der Waals surface area contributed by atoms with Crippen LogP contribution < -0.4 is 69.3 Å². The van der Waals surface area contributed by atoms with Gasteiger partial charge in [0.1, 0.15) is 0 Å². The first kappa shape index (κ1) is 32.2. The molecule has 0 N–H and O–H groups in total. The second-order valence-electron chi connectivity index (χ2n) is 7.18. The van der Waals surface area contributed by atoms with Crippen molar-refractivity contribution in [3.05, 3.63) is 0 Å². The van der Waals surface area contributed by atoms with E-state index in [-0.39, 0.29) is 59.1 Å². The Morgan fingerprint density at radius 3 is 1.61 bits per heavy atom. The molecule has 0 aromatic heterocycles. The third kappa shape index (κ3) is 39.9. The molecule has 0 spiro atoms. The fourth-order valence-corrected chi connectivity index (χ4v) is 1.86. The topological polar surface area (TPSA) is 80.3 Å². The van der Waals surface area contributed by atoms with Crippen LogP contribution in [0.15, 0.2) is 0 Å². The Balaban J connectivity index is -0.000000173. The standard InChI is InChI=1S/C13H27.C3H4O4.Li.2Na/c1-5-6-7-8-9-10-11-12-13(2,3)4;4-2(5)1-3(6)7;;;/h5H,6-12H2,1-4H3;1H2,(H,4,5)(H,6,7);;;/q;;;2*+1/p-2. The van der Waals surface area contributed by atoms with Gasteiger partial charge in [-0.1, -0.05) is 0 Å². The SMILES string of the molecule is O=C([O-])CC(=O)[O-].[Li][CH](C)CCCCCCCC(C)(C)C.[Na+].[Na+]. The van der Waals surface area contributed by atoms with Crippen molar-refractivity contribution >= 4 is 29.7 Å². The minimum atomic E-state index is -1.63. The van der Waals surface area contributed by atoms with Gasteiger partial charge in [0.15, 0.2) is 0 Å². The quantitative estimate of drug-likeness (QED) is 0.242. The zero-order valence-electron chi connectivity index (χ0n) is 16.4. The predicted octanol–water partition coefficient (Wildman–Crippen LogP) is -4.38. The van der Waals surface area contributed by atoms with Crippen LogP contribution in [0.25, 0.3) is 0 Å². The molecule has 120 valence electrons. The Morgan fingerprint density at radius 2 is 1.30 bits per heavy atom. The van der Waals surface area contributed by atoms with E-state index in [0.717, 1.165) is 4.59 Å². The maximum Gasteiger partial charge on any atom is 1.00 e. The van der Waals surface area contributed by atoms with Gasteiger partial charge in [-0.05, 0) is 0 Å². The van der Waals surface area contributed by atoms with Gasteiger partial charge in [-0.3, -0.25) is 0 Å². The van der Waals surface area contributed by atoms with Crippen molar-refractivity contribution in [1.29, 1.82) is 0 Å². The van der Waals surface area contributed by atoms with Crippen LogP contribution in [0.1, 0.15) is 79.1 Å². The molecule has 1 unspecified atom stereocenters. The molecule has 0 heterocycles. The summed E-state index contributed by atoms with van der Waals surface area (Å²) in [6.07, 6.45) is 8.97. The molecule has 0 aromatic carbocycles. The molecule has 0 radical (unpaired) electrons. The third-order valence-corrected chi connectivity index (χ3v) is 3.00. The van der Waals surface area contributed by atoms with Gasteiger partial charge in [0.05, 0.1) is 0 Å². The first-order chi connectivity index (χ1) is 9.54. The van der Waals surface area contributed by atoms with Gasteiger partial charge in [0.25, 0.3) is 0 Å². The molecule has 0 rings (SSSR count). The zero-order valence-corrected chi connectivity index (χ0v) is 20.4. The first-order valence-electron chi connectivity index (χ1n) is 7.94. The van der Waals surface area contributed by atoms with Crippen LogP contribution in [-0.2, 0) is 9.59 Å². The molecule has 0 saturated carbocycles. The van der Waals surface area contributed by atoms with Gasteiger partial charge in [0, 0.05) is 18.4 Å². The van der Waals surface area contributed by atoms with Crippen LogP contribution in [0, 0.1) is 5.41 Å². The van der Waals surface area contributed by atoms with E-state index < -0.39 is 18.4 Å². The number of unbranched alkanes of at least 4 members (excludes halogenated alkanes) is 4. The van der Waals surface area contributed by atoms with Gasteiger partial charge in [-0.2, -0.15) is 0 Å². The van der Waals surface area contributed by atoms with Gasteiger partial charge in [0.2, 0.25) is 0 Å². The number of carbonyl (C=O) groups is 2. The smallest absolute Gasteiger partial charge is 1.00 e. The summed E-state index contributed by atoms with van der Waals surface area (Å²) < 4.78 is 0.893. The van der Waals surface area contributed by atoms with E-state index in [4.69, 9.17) is 0 Å².